The number of amides is 1. The number of ether oxygens (including phenoxy) is 1. The third-order valence-electron chi connectivity index (χ3n) is 1.99. The van der Waals surface area contributed by atoms with Gasteiger partial charge in [0, 0.05) is 13.1 Å². The van der Waals surface area contributed by atoms with E-state index < -0.39 is 5.60 Å². The van der Waals surface area contributed by atoms with Gasteiger partial charge in [0.15, 0.2) is 0 Å². The van der Waals surface area contributed by atoms with Gasteiger partial charge < -0.3 is 15.4 Å². The van der Waals surface area contributed by atoms with Gasteiger partial charge in [0.2, 0.25) is 0 Å². The summed E-state index contributed by atoms with van der Waals surface area (Å²) in [5.41, 5.74) is -0.437. The molecule has 110 valence electrons. The van der Waals surface area contributed by atoms with Crippen molar-refractivity contribution >= 4 is 6.09 Å². The van der Waals surface area contributed by atoms with E-state index in [-0.39, 0.29) is 6.09 Å². The van der Waals surface area contributed by atoms with Crippen LogP contribution in [0.15, 0.2) is 24.4 Å². The van der Waals surface area contributed by atoms with Crippen molar-refractivity contribution in [3.8, 4) is 0 Å². The molecule has 0 aliphatic rings. The van der Waals surface area contributed by atoms with Crippen molar-refractivity contribution in [1.82, 2.24) is 10.6 Å². The Morgan fingerprint density at radius 1 is 1.21 bits per heavy atom. The molecule has 2 N–H and O–H groups in total. The van der Waals surface area contributed by atoms with E-state index in [1.807, 2.05) is 39.1 Å². The molecule has 0 atom stereocenters. The van der Waals surface area contributed by atoms with E-state index in [1.165, 1.54) is 0 Å². The summed E-state index contributed by atoms with van der Waals surface area (Å²) in [6.45, 7) is 11.3. The van der Waals surface area contributed by atoms with Crippen LogP contribution >= 0.6 is 0 Å². The highest BCUT2D eigenvalue weighted by Crippen LogP contribution is 2.06. The molecule has 1 amide bonds. The molecule has 0 saturated carbocycles. The lowest BCUT2D eigenvalue weighted by atomic mass is 10.2. The lowest BCUT2D eigenvalue weighted by Crippen LogP contribution is -2.33. The van der Waals surface area contributed by atoms with Gasteiger partial charge in [0.25, 0.3) is 0 Å². The molecule has 4 heteroatoms. The minimum Gasteiger partial charge on any atom is -0.444 e. The van der Waals surface area contributed by atoms with E-state index in [0.29, 0.717) is 12.5 Å². The van der Waals surface area contributed by atoms with Gasteiger partial charge in [-0.1, -0.05) is 26.0 Å². The average molecular weight is 268 g/mol. The predicted molar refractivity (Wildman–Crippen MR) is 80.0 cm³/mol. The highest BCUT2D eigenvalue weighted by Gasteiger charge is 2.15. The van der Waals surface area contributed by atoms with Crippen molar-refractivity contribution < 1.29 is 9.53 Å². The maximum Gasteiger partial charge on any atom is 0.407 e. The van der Waals surface area contributed by atoms with E-state index in [1.54, 1.807) is 0 Å². The number of rotatable bonds is 7. The summed E-state index contributed by atoms with van der Waals surface area (Å²) in [5.74, 6) is 0.572. The van der Waals surface area contributed by atoms with E-state index in [9.17, 15) is 4.79 Å². The Kier molecular flexibility index (Phi) is 8.75. The van der Waals surface area contributed by atoms with Gasteiger partial charge in [0.05, 0.1) is 0 Å². The van der Waals surface area contributed by atoms with Crippen LogP contribution in [0.5, 0.6) is 0 Å². The fourth-order valence-corrected chi connectivity index (χ4v) is 1.19. The largest absolute Gasteiger partial charge is 0.444 e. The predicted octanol–water partition coefficient (Wildman–Crippen LogP) is 3.22. The number of allylic oxidation sites excluding steroid dienone is 3. The van der Waals surface area contributed by atoms with Crippen molar-refractivity contribution in [1.29, 1.82) is 0 Å². The Hall–Kier alpha value is -1.45. The Morgan fingerprint density at radius 3 is 2.47 bits per heavy atom. The molecule has 0 heterocycles. The summed E-state index contributed by atoms with van der Waals surface area (Å²) in [7, 11) is 0. The fourth-order valence-electron chi connectivity index (χ4n) is 1.19. The quantitative estimate of drug-likeness (QED) is 0.550. The molecule has 0 aromatic rings. The van der Waals surface area contributed by atoms with Gasteiger partial charge in [-0.05, 0) is 45.4 Å². The first-order chi connectivity index (χ1) is 8.81. The van der Waals surface area contributed by atoms with Crippen LogP contribution in [0.25, 0.3) is 0 Å². The van der Waals surface area contributed by atoms with E-state index in [0.717, 1.165) is 13.0 Å². The first-order valence-electron chi connectivity index (χ1n) is 6.85. The summed E-state index contributed by atoms with van der Waals surface area (Å²) >= 11 is 0. The summed E-state index contributed by atoms with van der Waals surface area (Å²) < 4.78 is 5.13. The molecular weight excluding hydrogens is 240 g/mol. The minimum absolute atomic E-state index is 0.358. The molecule has 0 radical (unpaired) electrons. The lowest BCUT2D eigenvalue weighted by Gasteiger charge is -2.19. The average Bonchev–Trinajstić information content (AvgIpc) is 2.24. The molecular formula is C15H28N2O2. The maximum atomic E-state index is 11.3. The zero-order valence-electron chi connectivity index (χ0n) is 12.8. The third kappa shape index (κ3) is 14.5. The Bertz CT molecular complexity index is 302. The molecule has 0 rings (SSSR count). The van der Waals surface area contributed by atoms with Crippen LogP contribution in [0.4, 0.5) is 4.79 Å². The fraction of sp³-hybridized carbons (Fsp3) is 0.667. The zero-order valence-corrected chi connectivity index (χ0v) is 12.8. The van der Waals surface area contributed by atoms with Crippen molar-refractivity contribution in [2.45, 2.75) is 46.6 Å². The highest BCUT2D eigenvalue weighted by molar-refractivity contribution is 5.67. The second-order valence-corrected chi connectivity index (χ2v) is 5.72. The van der Waals surface area contributed by atoms with E-state index >= 15 is 0 Å². The third-order valence-corrected chi connectivity index (χ3v) is 1.99. The lowest BCUT2D eigenvalue weighted by molar-refractivity contribution is 0.0527. The summed E-state index contributed by atoms with van der Waals surface area (Å²) in [6, 6.07) is 0. The van der Waals surface area contributed by atoms with E-state index in [2.05, 4.69) is 30.6 Å². The molecule has 0 aliphatic heterocycles. The maximum absolute atomic E-state index is 11.3. The zero-order chi connectivity index (χ0) is 14.7. The first kappa shape index (κ1) is 17.6. The van der Waals surface area contributed by atoms with Crippen molar-refractivity contribution in [3.05, 3.63) is 24.4 Å². The molecule has 0 spiro atoms. The van der Waals surface area contributed by atoms with Gasteiger partial charge in [-0.15, -0.1) is 0 Å². The van der Waals surface area contributed by atoms with Crippen LogP contribution in [-0.2, 0) is 4.74 Å². The molecule has 0 unspecified atom stereocenters. The Balaban J connectivity index is 3.48. The Labute approximate surface area is 117 Å². The van der Waals surface area contributed by atoms with E-state index in [4.69, 9.17) is 4.74 Å². The molecule has 19 heavy (non-hydrogen) atoms. The smallest absolute Gasteiger partial charge is 0.407 e. The van der Waals surface area contributed by atoms with Gasteiger partial charge in [0.1, 0.15) is 5.60 Å². The number of alkyl carbamates (subject to hydrolysis) is 1. The number of hydrogen-bond acceptors (Lipinski definition) is 3. The van der Waals surface area contributed by atoms with Gasteiger partial charge in [-0.25, -0.2) is 4.79 Å². The second kappa shape index (κ2) is 9.48. The molecule has 0 aliphatic carbocycles. The summed E-state index contributed by atoms with van der Waals surface area (Å²) in [6.07, 6.45) is 8.53. The van der Waals surface area contributed by atoms with Crippen LogP contribution < -0.4 is 10.6 Å². The highest BCUT2D eigenvalue weighted by atomic mass is 16.6. The van der Waals surface area contributed by atoms with Crippen molar-refractivity contribution in [2.75, 3.05) is 13.1 Å². The monoisotopic (exact) mass is 268 g/mol. The number of hydrogen-bond donors (Lipinski definition) is 2. The first-order valence-corrected chi connectivity index (χ1v) is 6.85. The van der Waals surface area contributed by atoms with Gasteiger partial charge in [-0.3, -0.25) is 0 Å². The van der Waals surface area contributed by atoms with Crippen LogP contribution in [0.3, 0.4) is 0 Å². The second-order valence-electron chi connectivity index (χ2n) is 5.72. The van der Waals surface area contributed by atoms with Gasteiger partial charge >= 0.3 is 6.09 Å². The molecule has 0 saturated heterocycles. The molecule has 0 fully saturated rings. The molecule has 0 aromatic heterocycles. The number of carbonyl (C=O) groups excluding carboxylic acids is 1. The summed E-state index contributed by atoms with van der Waals surface area (Å²) in [4.78, 5) is 11.3. The number of carbonyl (C=O) groups is 1. The molecule has 4 nitrogen and oxygen atoms in total. The minimum atomic E-state index is -0.437. The van der Waals surface area contributed by atoms with Crippen molar-refractivity contribution in [3.63, 3.8) is 0 Å². The standard InChI is InChI=1S/C15H28N2O2/c1-13(2)9-6-7-10-16-11-8-12-17-14(18)19-15(3,4)5/h6-7,9-10,13,16H,8,11-12H2,1-5H3,(H,17,18)/b9-6-,10-7+. The number of nitrogens with one attached hydrogen (secondary N) is 2. The van der Waals surface area contributed by atoms with Crippen LogP contribution in [0.1, 0.15) is 41.0 Å². The SMILES string of the molecule is CC(C)/C=C\C=C\NCCCNC(=O)OC(C)(C)C. The molecule has 0 bridgehead atoms. The summed E-state index contributed by atoms with van der Waals surface area (Å²) in [5, 5.41) is 5.87. The van der Waals surface area contributed by atoms with Crippen LogP contribution in [0.2, 0.25) is 0 Å². The normalized spacial score (nSPS) is 12.3. The van der Waals surface area contributed by atoms with Crippen LogP contribution in [0, 0.1) is 5.92 Å². The Morgan fingerprint density at radius 2 is 1.89 bits per heavy atom. The van der Waals surface area contributed by atoms with Crippen LogP contribution in [-0.4, -0.2) is 24.8 Å². The topological polar surface area (TPSA) is 50.4 Å². The van der Waals surface area contributed by atoms with Crippen molar-refractivity contribution in [2.24, 2.45) is 5.92 Å². The van der Waals surface area contributed by atoms with Gasteiger partial charge in [-0.2, -0.15) is 0 Å². The molecule has 0 aromatic carbocycles.